The number of benzene rings is 1. The van der Waals surface area contributed by atoms with Gasteiger partial charge in [0.15, 0.2) is 18.2 Å². The molecule has 0 fully saturated rings. The van der Waals surface area contributed by atoms with Crippen LogP contribution in [0.15, 0.2) is 12.1 Å². The van der Waals surface area contributed by atoms with Crippen molar-refractivity contribution in [1.82, 2.24) is 0 Å². The summed E-state index contributed by atoms with van der Waals surface area (Å²) in [5, 5.41) is 0. The third-order valence-corrected chi connectivity index (χ3v) is 1.97. The van der Waals surface area contributed by atoms with E-state index in [2.05, 4.69) is 4.74 Å². The second-order valence-corrected chi connectivity index (χ2v) is 3.23. The summed E-state index contributed by atoms with van der Waals surface area (Å²) in [7, 11) is 0. The van der Waals surface area contributed by atoms with Crippen LogP contribution in [0, 0.1) is 12.7 Å². The van der Waals surface area contributed by atoms with Crippen molar-refractivity contribution >= 4 is 11.7 Å². The zero-order valence-corrected chi connectivity index (χ0v) is 9.25. The highest BCUT2D eigenvalue weighted by Gasteiger charge is 2.09. The number of hydrogen-bond acceptors (Lipinski definition) is 4. The SMILES string of the molecule is CCOC(=O)COc1cc(C)c(N)cc1F. The molecule has 0 spiro atoms. The topological polar surface area (TPSA) is 61.5 Å². The molecule has 0 aromatic heterocycles. The highest BCUT2D eigenvalue weighted by Crippen LogP contribution is 2.23. The third-order valence-electron chi connectivity index (χ3n) is 1.97. The molecule has 0 atom stereocenters. The summed E-state index contributed by atoms with van der Waals surface area (Å²) in [6.45, 7) is 3.37. The van der Waals surface area contributed by atoms with E-state index in [9.17, 15) is 9.18 Å². The van der Waals surface area contributed by atoms with Crippen LogP contribution in [-0.2, 0) is 9.53 Å². The van der Waals surface area contributed by atoms with Crippen molar-refractivity contribution in [2.24, 2.45) is 0 Å². The fraction of sp³-hybridized carbons (Fsp3) is 0.364. The van der Waals surface area contributed by atoms with E-state index in [1.54, 1.807) is 13.8 Å². The number of hydrogen-bond donors (Lipinski definition) is 1. The molecule has 0 aliphatic rings. The first-order chi connectivity index (χ1) is 7.54. The quantitative estimate of drug-likeness (QED) is 0.627. The summed E-state index contributed by atoms with van der Waals surface area (Å²) in [6.07, 6.45) is 0. The first-order valence-corrected chi connectivity index (χ1v) is 4.88. The largest absolute Gasteiger partial charge is 0.479 e. The number of nitrogens with two attached hydrogens (primary N) is 1. The molecule has 0 bridgehead atoms. The maximum atomic E-state index is 13.3. The third kappa shape index (κ3) is 3.12. The normalized spacial score (nSPS) is 9.94. The Morgan fingerprint density at radius 2 is 2.19 bits per heavy atom. The Hall–Kier alpha value is -1.78. The minimum Gasteiger partial charge on any atom is -0.479 e. The molecular formula is C11H14FNO3. The van der Waals surface area contributed by atoms with Crippen LogP contribution in [0.2, 0.25) is 0 Å². The molecule has 4 nitrogen and oxygen atoms in total. The van der Waals surface area contributed by atoms with E-state index in [1.165, 1.54) is 6.07 Å². The molecular weight excluding hydrogens is 213 g/mol. The number of esters is 1. The van der Waals surface area contributed by atoms with Crippen molar-refractivity contribution in [3.05, 3.63) is 23.5 Å². The zero-order chi connectivity index (χ0) is 12.1. The Morgan fingerprint density at radius 1 is 1.50 bits per heavy atom. The van der Waals surface area contributed by atoms with Crippen molar-refractivity contribution < 1.29 is 18.7 Å². The van der Waals surface area contributed by atoms with Gasteiger partial charge in [0.2, 0.25) is 0 Å². The van der Waals surface area contributed by atoms with Crippen molar-refractivity contribution in [2.45, 2.75) is 13.8 Å². The fourth-order valence-electron chi connectivity index (χ4n) is 1.12. The first kappa shape index (κ1) is 12.3. The predicted octanol–water partition coefficient (Wildman–Crippen LogP) is 1.66. The van der Waals surface area contributed by atoms with E-state index in [1.807, 2.05) is 0 Å². The molecule has 2 N–H and O–H groups in total. The van der Waals surface area contributed by atoms with E-state index in [4.69, 9.17) is 10.5 Å². The van der Waals surface area contributed by atoms with E-state index in [0.717, 1.165) is 6.07 Å². The standard InChI is InChI=1S/C11H14FNO3/c1-3-15-11(14)6-16-10-4-7(2)9(13)5-8(10)12/h4-5H,3,6,13H2,1-2H3. The van der Waals surface area contributed by atoms with Crippen molar-refractivity contribution in [3.8, 4) is 5.75 Å². The highest BCUT2D eigenvalue weighted by atomic mass is 19.1. The predicted molar refractivity (Wildman–Crippen MR) is 57.7 cm³/mol. The van der Waals surface area contributed by atoms with Gasteiger partial charge in [0.1, 0.15) is 0 Å². The van der Waals surface area contributed by atoms with E-state index < -0.39 is 11.8 Å². The number of rotatable bonds is 4. The monoisotopic (exact) mass is 227 g/mol. The van der Waals surface area contributed by atoms with Crippen molar-refractivity contribution in [1.29, 1.82) is 0 Å². The van der Waals surface area contributed by atoms with Crippen LogP contribution in [0.3, 0.4) is 0 Å². The highest BCUT2D eigenvalue weighted by molar-refractivity contribution is 5.71. The minimum atomic E-state index is -0.590. The second-order valence-electron chi connectivity index (χ2n) is 3.23. The van der Waals surface area contributed by atoms with E-state index in [-0.39, 0.29) is 19.0 Å². The molecule has 0 saturated carbocycles. The summed E-state index contributed by atoms with van der Waals surface area (Å²) < 4.78 is 22.9. The molecule has 1 aromatic carbocycles. The van der Waals surface area contributed by atoms with Gasteiger partial charge in [-0.2, -0.15) is 0 Å². The maximum Gasteiger partial charge on any atom is 0.344 e. The molecule has 0 heterocycles. The number of carbonyl (C=O) groups is 1. The smallest absolute Gasteiger partial charge is 0.344 e. The van der Waals surface area contributed by atoms with Gasteiger partial charge in [-0.1, -0.05) is 0 Å². The van der Waals surface area contributed by atoms with Gasteiger partial charge < -0.3 is 15.2 Å². The summed E-state index contributed by atoms with van der Waals surface area (Å²) >= 11 is 0. The van der Waals surface area contributed by atoms with Gasteiger partial charge in [0.05, 0.1) is 6.61 Å². The number of ether oxygens (including phenoxy) is 2. The number of aryl methyl sites for hydroxylation is 1. The van der Waals surface area contributed by atoms with Crippen LogP contribution in [-0.4, -0.2) is 19.2 Å². The van der Waals surface area contributed by atoms with Gasteiger partial charge in [-0.05, 0) is 25.5 Å². The Balaban J connectivity index is 2.67. The van der Waals surface area contributed by atoms with Gasteiger partial charge in [0.25, 0.3) is 0 Å². The number of halogens is 1. The minimum absolute atomic E-state index is 0.000229. The number of anilines is 1. The molecule has 88 valence electrons. The lowest BCUT2D eigenvalue weighted by Gasteiger charge is -2.08. The van der Waals surface area contributed by atoms with Crippen LogP contribution in [0.5, 0.6) is 5.75 Å². The first-order valence-electron chi connectivity index (χ1n) is 4.88. The van der Waals surface area contributed by atoms with Gasteiger partial charge in [-0.3, -0.25) is 0 Å². The summed E-state index contributed by atoms with van der Waals surface area (Å²) in [4.78, 5) is 11.0. The molecule has 0 radical (unpaired) electrons. The molecule has 1 aromatic rings. The summed E-state index contributed by atoms with van der Waals surface area (Å²) in [5.74, 6) is -1.12. The molecule has 0 unspecified atom stereocenters. The van der Waals surface area contributed by atoms with Crippen molar-refractivity contribution in [3.63, 3.8) is 0 Å². The molecule has 1 rings (SSSR count). The van der Waals surface area contributed by atoms with Gasteiger partial charge in [0, 0.05) is 11.8 Å². The van der Waals surface area contributed by atoms with Crippen LogP contribution in [0.25, 0.3) is 0 Å². The molecule has 0 saturated heterocycles. The fourth-order valence-corrected chi connectivity index (χ4v) is 1.12. The number of nitrogen functional groups attached to an aromatic ring is 1. The van der Waals surface area contributed by atoms with Crippen LogP contribution in [0.4, 0.5) is 10.1 Å². The molecule has 0 aliphatic heterocycles. The molecule has 0 aliphatic carbocycles. The Bertz CT molecular complexity index is 393. The lowest BCUT2D eigenvalue weighted by atomic mass is 10.2. The summed E-state index contributed by atoms with van der Waals surface area (Å²) in [6, 6.07) is 2.61. The van der Waals surface area contributed by atoms with E-state index >= 15 is 0 Å². The Kier molecular flexibility index (Phi) is 4.10. The average Bonchev–Trinajstić information content (AvgIpc) is 2.22. The van der Waals surface area contributed by atoms with Crippen molar-refractivity contribution in [2.75, 3.05) is 18.9 Å². The lowest BCUT2D eigenvalue weighted by molar-refractivity contribution is -0.145. The summed E-state index contributed by atoms with van der Waals surface area (Å²) in [5.41, 5.74) is 6.55. The van der Waals surface area contributed by atoms with Gasteiger partial charge in [-0.25, -0.2) is 9.18 Å². The van der Waals surface area contributed by atoms with Gasteiger partial charge >= 0.3 is 5.97 Å². The van der Waals surface area contributed by atoms with E-state index in [0.29, 0.717) is 11.3 Å². The van der Waals surface area contributed by atoms with Crippen LogP contribution in [0.1, 0.15) is 12.5 Å². The van der Waals surface area contributed by atoms with Crippen LogP contribution < -0.4 is 10.5 Å². The van der Waals surface area contributed by atoms with Crippen LogP contribution >= 0.6 is 0 Å². The molecule has 0 amide bonds. The second kappa shape index (κ2) is 5.34. The average molecular weight is 227 g/mol. The Labute approximate surface area is 93.2 Å². The Morgan fingerprint density at radius 3 is 2.81 bits per heavy atom. The maximum absolute atomic E-state index is 13.3. The molecule has 5 heteroatoms. The number of carbonyl (C=O) groups excluding carboxylic acids is 1. The lowest BCUT2D eigenvalue weighted by Crippen LogP contribution is -2.15. The zero-order valence-electron chi connectivity index (χ0n) is 9.25. The van der Waals surface area contributed by atoms with Gasteiger partial charge in [-0.15, -0.1) is 0 Å². The molecule has 16 heavy (non-hydrogen) atoms.